The van der Waals surface area contributed by atoms with Crippen molar-refractivity contribution in [1.82, 2.24) is 9.21 Å². The van der Waals surface area contributed by atoms with Gasteiger partial charge in [-0.15, -0.1) is 0 Å². The molecule has 0 radical (unpaired) electrons. The Hall–Kier alpha value is -1.28. The minimum Gasteiger partial charge on any atom is -0.395 e. The molecular formula is C18H26N2O4S. The molecule has 0 saturated carbocycles. The van der Waals surface area contributed by atoms with Crippen molar-refractivity contribution in [2.45, 2.75) is 49.6 Å². The van der Waals surface area contributed by atoms with Gasteiger partial charge in [-0.2, -0.15) is 4.31 Å². The second-order valence-corrected chi connectivity index (χ2v) is 8.87. The van der Waals surface area contributed by atoms with Gasteiger partial charge in [0.15, 0.2) is 5.78 Å². The highest BCUT2D eigenvalue weighted by Gasteiger charge is 2.35. The van der Waals surface area contributed by atoms with Crippen molar-refractivity contribution in [3.05, 3.63) is 29.8 Å². The van der Waals surface area contributed by atoms with Crippen LogP contribution in [0.3, 0.4) is 0 Å². The smallest absolute Gasteiger partial charge is 0.243 e. The van der Waals surface area contributed by atoms with Crippen LogP contribution in [-0.4, -0.2) is 66.8 Å². The average molecular weight is 366 g/mol. The number of hydrogen-bond donors (Lipinski definition) is 1. The van der Waals surface area contributed by atoms with Crippen LogP contribution in [0, 0.1) is 0 Å². The van der Waals surface area contributed by atoms with E-state index < -0.39 is 10.0 Å². The molecule has 2 fully saturated rings. The first kappa shape index (κ1) is 18.5. The molecule has 138 valence electrons. The third kappa shape index (κ3) is 3.79. The maximum atomic E-state index is 12.8. The summed E-state index contributed by atoms with van der Waals surface area (Å²) in [6, 6.07) is 6.75. The van der Waals surface area contributed by atoms with Crippen molar-refractivity contribution in [3.63, 3.8) is 0 Å². The highest BCUT2D eigenvalue weighted by Crippen LogP contribution is 2.28. The lowest BCUT2D eigenvalue weighted by Crippen LogP contribution is -2.48. The third-order valence-electron chi connectivity index (χ3n) is 5.42. The lowest BCUT2D eigenvalue weighted by molar-refractivity contribution is 0.0899. The summed E-state index contributed by atoms with van der Waals surface area (Å²) in [5.41, 5.74) is 0.515. The molecule has 0 aliphatic carbocycles. The molecule has 2 heterocycles. The number of Topliss-reactive ketones (excluding diaryl/α,β-unsaturated/α-hetero) is 1. The Morgan fingerprint density at radius 2 is 1.76 bits per heavy atom. The molecule has 1 aromatic rings. The Bertz CT molecular complexity index is 709. The van der Waals surface area contributed by atoms with E-state index in [0.29, 0.717) is 24.7 Å². The van der Waals surface area contributed by atoms with E-state index in [4.69, 9.17) is 0 Å². The molecule has 1 unspecified atom stereocenters. The van der Waals surface area contributed by atoms with E-state index in [9.17, 15) is 18.3 Å². The number of carbonyl (C=O) groups is 1. The molecule has 2 aliphatic heterocycles. The van der Waals surface area contributed by atoms with Crippen LogP contribution in [0.1, 0.15) is 43.0 Å². The van der Waals surface area contributed by atoms with Crippen LogP contribution in [-0.2, 0) is 10.0 Å². The van der Waals surface area contributed by atoms with Crippen LogP contribution in [0.2, 0.25) is 0 Å². The topological polar surface area (TPSA) is 77.9 Å². The zero-order valence-corrected chi connectivity index (χ0v) is 15.4. The SMILES string of the molecule is CC(=O)c1ccc(S(=O)(=O)N2CCC(N3CCCC3CO)CC2)cc1. The molecule has 0 amide bonds. The Balaban J connectivity index is 1.66. The summed E-state index contributed by atoms with van der Waals surface area (Å²) in [5.74, 6) is -0.0752. The van der Waals surface area contributed by atoms with Gasteiger partial charge >= 0.3 is 0 Å². The van der Waals surface area contributed by atoms with Gasteiger partial charge in [-0.05, 0) is 51.3 Å². The molecule has 2 saturated heterocycles. The molecule has 0 spiro atoms. The Morgan fingerprint density at radius 1 is 1.12 bits per heavy atom. The van der Waals surface area contributed by atoms with E-state index in [-0.39, 0.29) is 23.3 Å². The van der Waals surface area contributed by atoms with Gasteiger partial charge in [0.1, 0.15) is 0 Å². The first-order valence-electron chi connectivity index (χ1n) is 8.91. The van der Waals surface area contributed by atoms with Gasteiger partial charge in [0, 0.05) is 30.7 Å². The van der Waals surface area contributed by atoms with E-state index >= 15 is 0 Å². The number of nitrogens with zero attached hydrogens (tertiary/aromatic N) is 2. The van der Waals surface area contributed by atoms with Gasteiger partial charge in [0.2, 0.25) is 10.0 Å². The standard InChI is InChI=1S/C18H26N2O4S/c1-14(22)15-4-6-18(7-5-15)25(23,24)19-11-8-16(9-12-19)20-10-2-3-17(20)13-21/h4-7,16-17,21H,2-3,8-13H2,1H3. The second-order valence-electron chi connectivity index (χ2n) is 6.93. The summed E-state index contributed by atoms with van der Waals surface area (Å²) < 4.78 is 27.1. The second kappa shape index (κ2) is 7.53. The minimum absolute atomic E-state index is 0.0752. The van der Waals surface area contributed by atoms with Crippen LogP contribution in [0.25, 0.3) is 0 Å². The van der Waals surface area contributed by atoms with Crippen molar-refractivity contribution in [2.24, 2.45) is 0 Å². The molecule has 1 aromatic carbocycles. The van der Waals surface area contributed by atoms with Crippen LogP contribution >= 0.6 is 0 Å². The van der Waals surface area contributed by atoms with Crippen LogP contribution in [0.15, 0.2) is 29.2 Å². The van der Waals surface area contributed by atoms with Crippen LogP contribution in [0.4, 0.5) is 0 Å². The van der Waals surface area contributed by atoms with Gasteiger partial charge in [-0.3, -0.25) is 9.69 Å². The maximum absolute atomic E-state index is 12.8. The molecule has 1 atom stereocenters. The summed E-state index contributed by atoms with van der Waals surface area (Å²) in [5, 5.41) is 9.49. The van der Waals surface area contributed by atoms with Crippen molar-refractivity contribution < 1.29 is 18.3 Å². The zero-order chi connectivity index (χ0) is 18.0. The van der Waals surface area contributed by atoms with Gasteiger partial charge in [0.25, 0.3) is 0 Å². The quantitative estimate of drug-likeness (QED) is 0.799. The number of aliphatic hydroxyl groups excluding tert-OH is 1. The normalized spacial score (nSPS) is 23.8. The van der Waals surface area contributed by atoms with E-state index in [1.54, 1.807) is 12.1 Å². The fourth-order valence-electron chi connectivity index (χ4n) is 3.96. The van der Waals surface area contributed by atoms with Crippen LogP contribution < -0.4 is 0 Å². The van der Waals surface area contributed by atoms with Gasteiger partial charge < -0.3 is 5.11 Å². The van der Waals surface area contributed by atoms with E-state index in [1.165, 1.54) is 23.4 Å². The van der Waals surface area contributed by atoms with Crippen molar-refractivity contribution in [2.75, 3.05) is 26.2 Å². The minimum atomic E-state index is -3.52. The molecular weight excluding hydrogens is 340 g/mol. The van der Waals surface area contributed by atoms with E-state index in [0.717, 1.165) is 32.2 Å². The molecule has 2 aliphatic rings. The third-order valence-corrected chi connectivity index (χ3v) is 7.34. The molecule has 3 rings (SSSR count). The number of rotatable bonds is 5. The van der Waals surface area contributed by atoms with Crippen molar-refractivity contribution >= 4 is 15.8 Å². The van der Waals surface area contributed by atoms with Gasteiger partial charge in [-0.1, -0.05) is 12.1 Å². The Labute approximate surface area is 149 Å². The van der Waals surface area contributed by atoms with E-state index in [2.05, 4.69) is 4.90 Å². The molecule has 1 N–H and O–H groups in total. The number of hydrogen-bond acceptors (Lipinski definition) is 5. The van der Waals surface area contributed by atoms with Crippen molar-refractivity contribution in [1.29, 1.82) is 0 Å². The van der Waals surface area contributed by atoms with Gasteiger partial charge in [-0.25, -0.2) is 8.42 Å². The predicted octanol–water partition coefficient (Wildman–Crippen LogP) is 1.50. The lowest BCUT2D eigenvalue weighted by Gasteiger charge is -2.38. The largest absolute Gasteiger partial charge is 0.395 e. The van der Waals surface area contributed by atoms with Gasteiger partial charge in [0.05, 0.1) is 11.5 Å². The van der Waals surface area contributed by atoms with E-state index in [1.807, 2.05) is 0 Å². The fraction of sp³-hybridized carbons (Fsp3) is 0.611. The number of sulfonamides is 1. The first-order chi connectivity index (χ1) is 11.9. The molecule has 7 heteroatoms. The zero-order valence-electron chi connectivity index (χ0n) is 14.6. The molecule has 25 heavy (non-hydrogen) atoms. The fourth-order valence-corrected chi connectivity index (χ4v) is 5.43. The summed E-state index contributed by atoms with van der Waals surface area (Å²) >= 11 is 0. The number of ketones is 1. The predicted molar refractivity (Wildman–Crippen MR) is 95.0 cm³/mol. The summed E-state index contributed by atoms with van der Waals surface area (Å²) in [6.07, 6.45) is 3.71. The van der Waals surface area contributed by atoms with Crippen LogP contribution in [0.5, 0.6) is 0 Å². The number of carbonyl (C=O) groups excluding carboxylic acids is 1. The Kier molecular flexibility index (Phi) is 5.58. The maximum Gasteiger partial charge on any atom is 0.243 e. The summed E-state index contributed by atoms with van der Waals surface area (Å²) in [6.45, 7) is 3.63. The number of benzene rings is 1. The lowest BCUT2D eigenvalue weighted by atomic mass is 10.0. The monoisotopic (exact) mass is 366 g/mol. The average Bonchev–Trinajstić information content (AvgIpc) is 3.10. The first-order valence-corrected chi connectivity index (χ1v) is 10.3. The number of aliphatic hydroxyl groups is 1. The molecule has 0 bridgehead atoms. The molecule has 6 nitrogen and oxygen atoms in total. The highest BCUT2D eigenvalue weighted by molar-refractivity contribution is 7.89. The number of piperidine rings is 1. The molecule has 0 aromatic heterocycles. The summed E-state index contributed by atoms with van der Waals surface area (Å²) in [4.78, 5) is 13.9. The van der Waals surface area contributed by atoms with Crippen molar-refractivity contribution in [3.8, 4) is 0 Å². The number of likely N-dealkylation sites (tertiary alicyclic amines) is 1. The Morgan fingerprint density at radius 3 is 2.32 bits per heavy atom. The summed E-state index contributed by atoms with van der Waals surface area (Å²) in [7, 11) is -3.52. The highest BCUT2D eigenvalue weighted by atomic mass is 32.2.